The Labute approximate surface area is 109 Å². The van der Waals surface area contributed by atoms with Crippen LogP contribution in [-0.4, -0.2) is 52.1 Å². The smallest absolute Gasteiger partial charge is 0.0853 e. The SMILES string of the molecule is CCc1nn(C)cc1NCC(O)CN1CCCC1. The van der Waals surface area contributed by atoms with Gasteiger partial charge >= 0.3 is 0 Å². The summed E-state index contributed by atoms with van der Waals surface area (Å²) in [5.74, 6) is 0. The van der Waals surface area contributed by atoms with Gasteiger partial charge in [-0.05, 0) is 32.4 Å². The Bertz CT molecular complexity index is 371. The molecule has 0 saturated carbocycles. The molecular formula is C13H24N4O. The molecule has 1 aliphatic rings. The second-order valence-corrected chi connectivity index (χ2v) is 5.06. The molecule has 0 amide bonds. The van der Waals surface area contributed by atoms with E-state index in [0.29, 0.717) is 6.54 Å². The van der Waals surface area contributed by atoms with Crippen molar-refractivity contribution in [2.75, 3.05) is 31.5 Å². The molecule has 1 aromatic rings. The topological polar surface area (TPSA) is 53.3 Å². The number of nitrogens with one attached hydrogen (secondary N) is 1. The molecule has 0 aliphatic carbocycles. The lowest BCUT2D eigenvalue weighted by atomic mass is 10.2. The van der Waals surface area contributed by atoms with E-state index in [9.17, 15) is 5.11 Å². The quantitative estimate of drug-likeness (QED) is 0.788. The van der Waals surface area contributed by atoms with E-state index in [2.05, 4.69) is 22.2 Å². The van der Waals surface area contributed by atoms with Gasteiger partial charge in [-0.1, -0.05) is 6.92 Å². The van der Waals surface area contributed by atoms with Gasteiger partial charge in [-0.3, -0.25) is 4.68 Å². The zero-order chi connectivity index (χ0) is 13.0. The summed E-state index contributed by atoms with van der Waals surface area (Å²) in [6.45, 7) is 5.71. The van der Waals surface area contributed by atoms with Crippen LogP contribution in [0.4, 0.5) is 5.69 Å². The second kappa shape index (κ2) is 6.20. The van der Waals surface area contributed by atoms with Gasteiger partial charge in [-0.25, -0.2) is 0 Å². The van der Waals surface area contributed by atoms with Crippen molar-refractivity contribution in [3.63, 3.8) is 0 Å². The van der Waals surface area contributed by atoms with Crippen LogP contribution in [-0.2, 0) is 13.5 Å². The summed E-state index contributed by atoms with van der Waals surface area (Å²) in [6.07, 6.45) is 5.10. The molecule has 1 aliphatic heterocycles. The van der Waals surface area contributed by atoms with Crippen molar-refractivity contribution >= 4 is 5.69 Å². The van der Waals surface area contributed by atoms with E-state index in [0.717, 1.165) is 37.4 Å². The maximum atomic E-state index is 10.0. The highest BCUT2D eigenvalue weighted by atomic mass is 16.3. The van der Waals surface area contributed by atoms with Crippen molar-refractivity contribution in [3.8, 4) is 0 Å². The maximum Gasteiger partial charge on any atom is 0.0853 e. The Morgan fingerprint density at radius 1 is 1.44 bits per heavy atom. The van der Waals surface area contributed by atoms with Gasteiger partial charge in [-0.2, -0.15) is 5.10 Å². The number of nitrogens with zero attached hydrogens (tertiary/aromatic N) is 3. The van der Waals surface area contributed by atoms with Crippen molar-refractivity contribution in [2.45, 2.75) is 32.3 Å². The lowest BCUT2D eigenvalue weighted by Gasteiger charge is -2.19. The number of anilines is 1. The molecule has 102 valence electrons. The van der Waals surface area contributed by atoms with Crippen LogP contribution in [0.1, 0.15) is 25.5 Å². The molecule has 1 aromatic heterocycles. The fourth-order valence-corrected chi connectivity index (χ4v) is 2.50. The Morgan fingerprint density at radius 3 is 2.83 bits per heavy atom. The largest absolute Gasteiger partial charge is 0.390 e. The van der Waals surface area contributed by atoms with Gasteiger partial charge in [0.15, 0.2) is 0 Å². The highest BCUT2D eigenvalue weighted by Gasteiger charge is 2.16. The minimum atomic E-state index is -0.312. The Kier molecular flexibility index (Phi) is 4.60. The van der Waals surface area contributed by atoms with Crippen molar-refractivity contribution in [1.82, 2.24) is 14.7 Å². The maximum absolute atomic E-state index is 10.0. The number of aromatic nitrogens is 2. The molecular weight excluding hydrogens is 228 g/mol. The molecule has 0 bridgehead atoms. The summed E-state index contributed by atoms with van der Waals surface area (Å²) in [6, 6.07) is 0. The fourth-order valence-electron chi connectivity index (χ4n) is 2.50. The van der Waals surface area contributed by atoms with Crippen LogP contribution >= 0.6 is 0 Å². The predicted molar refractivity (Wildman–Crippen MR) is 72.8 cm³/mol. The molecule has 18 heavy (non-hydrogen) atoms. The van der Waals surface area contributed by atoms with Crippen molar-refractivity contribution < 1.29 is 5.11 Å². The van der Waals surface area contributed by atoms with Gasteiger partial charge in [-0.15, -0.1) is 0 Å². The number of hydrogen-bond acceptors (Lipinski definition) is 4. The van der Waals surface area contributed by atoms with E-state index in [-0.39, 0.29) is 6.10 Å². The number of hydrogen-bond donors (Lipinski definition) is 2. The summed E-state index contributed by atoms with van der Waals surface area (Å²) in [5, 5.41) is 17.7. The molecule has 1 saturated heterocycles. The monoisotopic (exact) mass is 252 g/mol. The van der Waals surface area contributed by atoms with Crippen LogP contribution in [0.25, 0.3) is 0 Å². The molecule has 0 radical (unpaired) electrons. The first-order valence-corrected chi connectivity index (χ1v) is 6.86. The highest BCUT2D eigenvalue weighted by Crippen LogP contribution is 2.14. The first-order valence-electron chi connectivity index (χ1n) is 6.86. The Hall–Kier alpha value is -1.07. The summed E-state index contributed by atoms with van der Waals surface area (Å²) in [4.78, 5) is 2.33. The predicted octanol–water partition coefficient (Wildman–Crippen LogP) is 0.851. The number of β-amino-alcohol motifs (C(OH)–C–C–N with tert-alkyl or cyclic N) is 1. The summed E-state index contributed by atoms with van der Waals surface area (Å²) in [5.41, 5.74) is 2.10. The lowest BCUT2D eigenvalue weighted by molar-refractivity contribution is 0.135. The van der Waals surface area contributed by atoms with E-state index in [1.807, 2.05) is 17.9 Å². The molecule has 2 N–H and O–H groups in total. The minimum Gasteiger partial charge on any atom is -0.390 e. The van der Waals surface area contributed by atoms with Crippen LogP contribution in [0, 0.1) is 0 Å². The zero-order valence-electron chi connectivity index (χ0n) is 11.4. The third-order valence-electron chi connectivity index (χ3n) is 3.44. The van der Waals surface area contributed by atoms with Crippen LogP contribution in [0.5, 0.6) is 0 Å². The number of rotatable bonds is 6. The van der Waals surface area contributed by atoms with Crippen molar-refractivity contribution in [2.24, 2.45) is 7.05 Å². The van der Waals surface area contributed by atoms with E-state index in [1.165, 1.54) is 12.8 Å². The number of likely N-dealkylation sites (tertiary alicyclic amines) is 1. The highest BCUT2D eigenvalue weighted by molar-refractivity contribution is 5.46. The van der Waals surface area contributed by atoms with E-state index in [1.54, 1.807) is 0 Å². The van der Waals surface area contributed by atoms with E-state index in [4.69, 9.17) is 0 Å². The average Bonchev–Trinajstić information content (AvgIpc) is 2.95. The third kappa shape index (κ3) is 3.46. The summed E-state index contributed by atoms with van der Waals surface area (Å²) >= 11 is 0. The van der Waals surface area contributed by atoms with Crippen LogP contribution in [0.3, 0.4) is 0 Å². The molecule has 2 rings (SSSR count). The average molecular weight is 252 g/mol. The Balaban J connectivity index is 1.79. The van der Waals surface area contributed by atoms with Crippen LogP contribution in [0.2, 0.25) is 0 Å². The lowest BCUT2D eigenvalue weighted by Crippen LogP contribution is -2.34. The van der Waals surface area contributed by atoms with Crippen LogP contribution in [0.15, 0.2) is 6.20 Å². The van der Waals surface area contributed by atoms with Crippen LogP contribution < -0.4 is 5.32 Å². The van der Waals surface area contributed by atoms with Gasteiger partial charge in [0.05, 0.1) is 17.5 Å². The first-order chi connectivity index (χ1) is 8.69. The second-order valence-electron chi connectivity index (χ2n) is 5.06. The first kappa shape index (κ1) is 13.4. The van der Waals surface area contributed by atoms with Gasteiger partial charge in [0.2, 0.25) is 0 Å². The van der Waals surface area contributed by atoms with Gasteiger partial charge in [0, 0.05) is 26.3 Å². The number of aryl methyl sites for hydroxylation is 2. The molecule has 0 spiro atoms. The third-order valence-corrected chi connectivity index (χ3v) is 3.44. The molecule has 0 aromatic carbocycles. The fraction of sp³-hybridized carbons (Fsp3) is 0.769. The number of aliphatic hydroxyl groups excluding tert-OH is 1. The van der Waals surface area contributed by atoms with Gasteiger partial charge < -0.3 is 15.3 Å². The number of aliphatic hydroxyl groups is 1. The molecule has 1 fully saturated rings. The van der Waals surface area contributed by atoms with E-state index >= 15 is 0 Å². The standard InChI is InChI=1S/C13H24N4O/c1-3-12-13(10-16(2)15-12)14-8-11(18)9-17-6-4-5-7-17/h10-11,14,18H,3-9H2,1-2H3. The Morgan fingerprint density at radius 2 is 2.17 bits per heavy atom. The molecule has 1 unspecified atom stereocenters. The van der Waals surface area contributed by atoms with E-state index < -0.39 is 0 Å². The molecule has 5 heteroatoms. The van der Waals surface area contributed by atoms with Crippen molar-refractivity contribution in [1.29, 1.82) is 0 Å². The van der Waals surface area contributed by atoms with Crippen molar-refractivity contribution in [3.05, 3.63) is 11.9 Å². The molecule has 2 heterocycles. The van der Waals surface area contributed by atoms with Gasteiger partial charge in [0.25, 0.3) is 0 Å². The van der Waals surface area contributed by atoms with Gasteiger partial charge in [0.1, 0.15) is 0 Å². The summed E-state index contributed by atoms with van der Waals surface area (Å²) < 4.78 is 1.81. The summed E-state index contributed by atoms with van der Waals surface area (Å²) in [7, 11) is 1.92. The molecule has 5 nitrogen and oxygen atoms in total. The normalized spacial score (nSPS) is 18.2. The molecule has 1 atom stereocenters. The zero-order valence-corrected chi connectivity index (χ0v) is 11.4. The minimum absolute atomic E-state index is 0.312.